The molecule has 1 heterocycles. The maximum absolute atomic E-state index is 11.2. The zero-order chi connectivity index (χ0) is 13.8. The standard InChI is InChI=1S/C13H21N3O2/c1-9-7-14-8-11(15-9)16-10(12(17)18)5-6-13(2,3)4/h7-8,10H,5-6H2,1-4H3,(H,15,16)(H,17,18)/t10-/m0/s1. The summed E-state index contributed by atoms with van der Waals surface area (Å²) in [4.78, 5) is 19.4. The monoisotopic (exact) mass is 251 g/mol. The molecule has 5 heteroatoms. The van der Waals surface area contributed by atoms with Crippen LogP contribution in [0.5, 0.6) is 0 Å². The molecule has 0 aliphatic carbocycles. The molecule has 0 saturated carbocycles. The van der Waals surface area contributed by atoms with Gasteiger partial charge in [-0.25, -0.2) is 9.78 Å². The summed E-state index contributed by atoms with van der Waals surface area (Å²) in [6.45, 7) is 8.11. The minimum absolute atomic E-state index is 0.119. The number of rotatable bonds is 5. The highest BCUT2D eigenvalue weighted by atomic mass is 16.4. The number of aromatic nitrogens is 2. The molecule has 2 N–H and O–H groups in total. The Morgan fingerprint density at radius 3 is 2.61 bits per heavy atom. The van der Waals surface area contributed by atoms with E-state index in [9.17, 15) is 9.90 Å². The summed E-state index contributed by atoms with van der Waals surface area (Å²) >= 11 is 0. The summed E-state index contributed by atoms with van der Waals surface area (Å²) in [6.07, 6.45) is 4.57. The predicted molar refractivity (Wildman–Crippen MR) is 70.5 cm³/mol. The van der Waals surface area contributed by atoms with Crippen LogP contribution in [0, 0.1) is 12.3 Å². The van der Waals surface area contributed by atoms with Crippen LogP contribution in [0.2, 0.25) is 0 Å². The quantitative estimate of drug-likeness (QED) is 0.840. The van der Waals surface area contributed by atoms with Gasteiger partial charge in [0.1, 0.15) is 11.9 Å². The van der Waals surface area contributed by atoms with Crippen LogP contribution in [0.4, 0.5) is 5.82 Å². The van der Waals surface area contributed by atoms with Crippen LogP contribution < -0.4 is 5.32 Å². The van der Waals surface area contributed by atoms with Crippen LogP contribution in [-0.4, -0.2) is 27.1 Å². The fraction of sp³-hybridized carbons (Fsp3) is 0.615. The zero-order valence-electron chi connectivity index (χ0n) is 11.4. The second-order valence-electron chi connectivity index (χ2n) is 5.68. The highest BCUT2D eigenvalue weighted by molar-refractivity contribution is 5.76. The smallest absolute Gasteiger partial charge is 0.326 e. The summed E-state index contributed by atoms with van der Waals surface area (Å²) < 4.78 is 0. The molecular formula is C13H21N3O2. The maximum Gasteiger partial charge on any atom is 0.326 e. The lowest BCUT2D eigenvalue weighted by atomic mass is 9.88. The van der Waals surface area contributed by atoms with Gasteiger partial charge in [0.15, 0.2) is 0 Å². The molecular weight excluding hydrogens is 230 g/mol. The molecule has 0 fully saturated rings. The predicted octanol–water partition coefficient (Wildman–Crippen LogP) is 2.48. The molecule has 0 aliphatic rings. The number of aliphatic carboxylic acids is 1. The number of anilines is 1. The largest absolute Gasteiger partial charge is 0.480 e. The molecule has 0 aromatic carbocycles. The molecule has 0 unspecified atom stereocenters. The van der Waals surface area contributed by atoms with Gasteiger partial charge in [-0.3, -0.25) is 4.98 Å². The van der Waals surface area contributed by atoms with Crippen LogP contribution >= 0.6 is 0 Å². The van der Waals surface area contributed by atoms with Crippen molar-refractivity contribution in [1.82, 2.24) is 9.97 Å². The minimum atomic E-state index is -0.859. The van der Waals surface area contributed by atoms with Gasteiger partial charge in [0.05, 0.1) is 11.9 Å². The number of carboxylic acids is 1. The molecule has 0 radical (unpaired) electrons. The molecule has 100 valence electrons. The summed E-state index contributed by atoms with van der Waals surface area (Å²) in [5.74, 6) is -0.348. The topological polar surface area (TPSA) is 75.1 Å². The van der Waals surface area contributed by atoms with Gasteiger partial charge in [-0.1, -0.05) is 20.8 Å². The number of nitrogens with zero attached hydrogens (tertiary/aromatic N) is 2. The van der Waals surface area contributed by atoms with Crippen molar-refractivity contribution in [2.24, 2.45) is 5.41 Å². The highest BCUT2D eigenvalue weighted by Crippen LogP contribution is 2.22. The van der Waals surface area contributed by atoms with E-state index in [2.05, 4.69) is 36.1 Å². The first-order valence-corrected chi connectivity index (χ1v) is 6.06. The average Bonchev–Trinajstić information content (AvgIpc) is 2.22. The summed E-state index contributed by atoms with van der Waals surface area (Å²) in [7, 11) is 0. The Kier molecular flexibility index (Phi) is 4.64. The number of carbonyl (C=O) groups is 1. The molecule has 0 saturated heterocycles. The van der Waals surface area contributed by atoms with Crippen LogP contribution in [-0.2, 0) is 4.79 Å². The van der Waals surface area contributed by atoms with Gasteiger partial charge >= 0.3 is 5.97 Å². The lowest BCUT2D eigenvalue weighted by molar-refractivity contribution is -0.138. The Morgan fingerprint density at radius 2 is 2.11 bits per heavy atom. The average molecular weight is 251 g/mol. The first-order valence-electron chi connectivity index (χ1n) is 6.06. The number of carboxylic acid groups (broad SMARTS) is 1. The minimum Gasteiger partial charge on any atom is -0.480 e. The number of nitrogens with one attached hydrogen (secondary N) is 1. The van der Waals surface area contributed by atoms with Gasteiger partial charge in [0, 0.05) is 6.20 Å². The van der Waals surface area contributed by atoms with E-state index in [4.69, 9.17) is 0 Å². The van der Waals surface area contributed by atoms with Crippen LogP contribution in [0.3, 0.4) is 0 Å². The first-order chi connectivity index (χ1) is 8.28. The van der Waals surface area contributed by atoms with E-state index in [1.54, 1.807) is 12.4 Å². The molecule has 1 aromatic heterocycles. The third-order valence-electron chi connectivity index (χ3n) is 2.56. The zero-order valence-corrected chi connectivity index (χ0v) is 11.4. The second-order valence-corrected chi connectivity index (χ2v) is 5.68. The van der Waals surface area contributed by atoms with E-state index < -0.39 is 12.0 Å². The van der Waals surface area contributed by atoms with E-state index in [1.807, 2.05) is 6.92 Å². The van der Waals surface area contributed by atoms with E-state index in [0.717, 1.165) is 12.1 Å². The van der Waals surface area contributed by atoms with E-state index in [-0.39, 0.29) is 5.41 Å². The third kappa shape index (κ3) is 5.12. The van der Waals surface area contributed by atoms with Crippen molar-refractivity contribution in [2.45, 2.75) is 46.6 Å². The van der Waals surface area contributed by atoms with Crippen molar-refractivity contribution in [3.8, 4) is 0 Å². The fourth-order valence-electron chi connectivity index (χ4n) is 1.55. The molecule has 0 bridgehead atoms. The summed E-state index contributed by atoms with van der Waals surface area (Å²) in [6, 6.07) is -0.625. The van der Waals surface area contributed by atoms with Gasteiger partial charge in [0.25, 0.3) is 0 Å². The number of hydrogen-bond donors (Lipinski definition) is 2. The third-order valence-corrected chi connectivity index (χ3v) is 2.56. The van der Waals surface area contributed by atoms with Gasteiger partial charge in [0.2, 0.25) is 0 Å². The Bertz CT molecular complexity index is 413. The van der Waals surface area contributed by atoms with Crippen molar-refractivity contribution in [2.75, 3.05) is 5.32 Å². The first kappa shape index (κ1) is 14.4. The molecule has 1 aromatic rings. The van der Waals surface area contributed by atoms with E-state index in [1.165, 1.54) is 0 Å². The van der Waals surface area contributed by atoms with Gasteiger partial charge < -0.3 is 10.4 Å². The van der Waals surface area contributed by atoms with Gasteiger partial charge in [-0.15, -0.1) is 0 Å². The molecule has 0 amide bonds. The molecule has 18 heavy (non-hydrogen) atoms. The van der Waals surface area contributed by atoms with Gasteiger partial charge in [-0.2, -0.15) is 0 Å². The van der Waals surface area contributed by atoms with E-state index in [0.29, 0.717) is 12.2 Å². The Morgan fingerprint density at radius 1 is 1.44 bits per heavy atom. The number of hydrogen-bond acceptors (Lipinski definition) is 4. The van der Waals surface area contributed by atoms with Crippen LogP contribution in [0.1, 0.15) is 39.3 Å². The van der Waals surface area contributed by atoms with Crippen LogP contribution in [0.15, 0.2) is 12.4 Å². The van der Waals surface area contributed by atoms with Crippen molar-refractivity contribution in [1.29, 1.82) is 0 Å². The Labute approximate surface area is 108 Å². The normalized spacial score (nSPS) is 13.1. The SMILES string of the molecule is Cc1cncc(N[C@@H](CCC(C)(C)C)C(=O)O)n1. The maximum atomic E-state index is 11.2. The summed E-state index contributed by atoms with van der Waals surface area (Å²) in [5, 5.41) is 12.1. The Hall–Kier alpha value is -1.65. The lowest BCUT2D eigenvalue weighted by Crippen LogP contribution is -2.31. The fourth-order valence-corrected chi connectivity index (χ4v) is 1.55. The van der Waals surface area contributed by atoms with Crippen LogP contribution in [0.25, 0.3) is 0 Å². The van der Waals surface area contributed by atoms with E-state index >= 15 is 0 Å². The Balaban J connectivity index is 2.66. The van der Waals surface area contributed by atoms with Crippen molar-refractivity contribution < 1.29 is 9.90 Å². The van der Waals surface area contributed by atoms with Gasteiger partial charge in [-0.05, 0) is 25.2 Å². The van der Waals surface area contributed by atoms with Crippen molar-refractivity contribution in [3.63, 3.8) is 0 Å². The molecule has 0 spiro atoms. The lowest BCUT2D eigenvalue weighted by Gasteiger charge is -2.21. The molecule has 1 rings (SSSR count). The van der Waals surface area contributed by atoms with Crippen molar-refractivity contribution >= 4 is 11.8 Å². The molecule has 5 nitrogen and oxygen atoms in total. The summed E-state index contributed by atoms with van der Waals surface area (Å²) in [5.41, 5.74) is 0.883. The second kappa shape index (κ2) is 5.80. The highest BCUT2D eigenvalue weighted by Gasteiger charge is 2.21. The molecule has 1 atom stereocenters. The molecule has 0 aliphatic heterocycles. The number of aryl methyl sites for hydroxylation is 1. The van der Waals surface area contributed by atoms with Crippen molar-refractivity contribution in [3.05, 3.63) is 18.1 Å².